The molecule has 0 saturated heterocycles. The van der Waals surface area contributed by atoms with Gasteiger partial charge in [-0.1, -0.05) is 35.9 Å². The van der Waals surface area contributed by atoms with E-state index in [0.717, 1.165) is 5.69 Å². The lowest BCUT2D eigenvalue weighted by Crippen LogP contribution is -2.12. The molecule has 0 aliphatic carbocycles. The second-order valence-corrected chi connectivity index (χ2v) is 7.02. The van der Waals surface area contributed by atoms with Crippen LogP contribution < -0.4 is 5.32 Å². The molecule has 1 amide bonds. The molecule has 27 heavy (non-hydrogen) atoms. The average Bonchev–Trinajstić information content (AvgIpc) is 3.29. The van der Waals surface area contributed by atoms with Crippen LogP contribution in [0.25, 0.3) is 22.6 Å². The summed E-state index contributed by atoms with van der Waals surface area (Å²) in [5, 5.41) is 10.1. The van der Waals surface area contributed by atoms with Gasteiger partial charge in [-0.15, -0.1) is 11.3 Å². The number of nitrogens with one attached hydrogen (secondary N) is 1. The molecule has 0 aliphatic rings. The topological polar surface area (TPSA) is 72.7 Å². The van der Waals surface area contributed by atoms with Crippen LogP contribution in [0.2, 0.25) is 5.02 Å². The van der Waals surface area contributed by atoms with E-state index in [4.69, 9.17) is 11.6 Å². The number of benzene rings is 1. The Hall–Kier alpha value is -3.03. The summed E-state index contributed by atoms with van der Waals surface area (Å²) in [6, 6.07) is 12.9. The monoisotopic (exact) mass is 395 g/mol. The Labute approximate surface area is 164 Å². The highest BCUT2D eigenvalue weighted by atomic mass is 35.5. The Morgan fingerprint density at radius 2 is 1.96 bits per heavy atom. The van der Waals surface area contributed by atoms with Crippen LogP contribution in [-0.4, -0.2) is 25.7 Å². The SMILES string of the molecule is Cn1cc(C(=O)Nc2nc(-c3ccccn3)cs2)c(-c2ccccc2Cl)n1. The highest BCUT2D eigenvalue weighted by Crippen LogP contribution is 2.30. The summed E-state index contributed by atoms with van der Waals surface area (Å²) < 4.78 is 1.59. The van der Waals surface area contributed by atoms with Crippen LogP contribution in [0.15, 0.2) is 60.2 Å². The van der Waals surface area contributed by atoms with Crippen LogP contribution >= 0.6 is 22.9 Å². The van der Waals surface area contributed by atoms with Crippen molar-refractivity contribution in [3.63, 3.8) is 0 Å². The molecular formula is C19H14ClN5OS. The van der Waals surface area contributed by atoms with Gasteiger partial charge in [0.1, 0.15) is 11.4 Å². The van der Waals surface area contributed by atoms with Crippen molar-refractivity contribution < 1.29 is 4.79 Å². The predicted octanol–water partition coefficient (Wildman–Crippen LogP) is 4.51. The zero-order chi connectivity index (χ0) is 18.8. The Balaban J connectivity index is 1.62. The van der Waals surface area contributed by atoms with Gasteiger partial charge in [0.25, 0.3) is 5.91 Å². The van der Waals surface area contributed by atoms with Gasteiger partial charge in [-0.3, -0.25) is 19.8 Å². The minimum Gasteiger partial charge on any atom is -0.298 e. The molecule has 3 heterocycles. The minimum absolute atomic E-state index is 0.292. The maximum Gasteiger partial charge on any atom is 0.261 e. The zero-order valence-corrected chi connectivity index (χ0v) is 15.8. The summed E-state index contributed by atoms with van der Waals surface area (Å²) in [5.41, 5.74) is 3.14. The highest BCUT2D eigenvalue weighted by molar-refractivity contribution is 7.14. The van der Waals surface area contributed by atoms with Crippen molar-refractivity contribution in [2.75, 3.05) is 5.32 Å². The fourth-order valence-electron chi connectivity index (χ4n) is 2.63. The summed E-state index contributed by atoms with van der Waals surface area (Å²) in [5.74, 6) is -0.292. The van der Waals surface area contributed by atoms with Crippen molar-refractivity contribution in [2.24, 2.45) is 7.05 Å². The van der Waals surface area contributed by atoms with Crippen molar-refractivity contribution in [1.82, 2.24) is 19.7 Å². The van der Waals surface area contributed by atoms with Crippen molar-refractivity contribution >= 4 is 34.0 Å². The summed E-state index contributed by atoms with van der Waals surface area (Å²) in [6.45, 7) is 0. The quantitative estimate of drug-likeness (QED) is 0.551. The Morgan fingerprint density at radius 1 is 1.15 bits per heavy atom. The molecule has 4 aromatic rings. The Kier molecular flexibility index (Phi) is 4.70. The van der Waals surface area contributed by atoms with Crippen molar-refractivity contribution in [3.8, 4) is 22.6 Å². The number of halogens is 1. The number of hydrogen-bond acceptors (Lipinski definition) is 5. The number of aromatic nitrogens is 4. The molecule has 0 bridgehead atoms. The molecule has 1 N–H and O–H groups in total. The fraction of sp³-hybridized carbons (Fsp3) is 0.0526. The third kappa shape index (κ3) is 3.60. The maximum atomic E-state index is 12.8. The van der Waals surface area contributed by atoms with Crippen LogP contribution in [0.3, 0.4) is 0 Å². The number of pyridine rings is 1. The van der Waals surface area contributed by atoms with E-state index in [-0.39, 0.29) is 5.91 Å². The first kappa shape index (κ1) is 17.4. The van der Waals surface area contributed by atoms with E-state index in [1.807, 2.05) is 41.8 Å². The normalized spacial score (nSPS) is 10.7. The summed E-state index contributed by atoms with van der Waals surface area (Å²) >= 11 is 7.62. The molecule has 134 valence electrons. The average molecular weight is 396 g/mol. The largest absolute Gasteiger partial charge is 0.298 e. The van der Waals surface area contributed by atoms with Crippen molar-refractivity contribution in [2.45, 2.75) is 0 Å². The van der Waals surface area contributed by atoms with Crippen LogP contribution in [0.5, 0.6) is 0 Å². The van der Waals surface area contributed by atoms with Crippen LogP contribution in [0.1, 0.15) is 10.4 Å². The van der Waals surface area contributed by atoms with Gasteiger partial charge >= 0.3 is 0 Å². The molecule has 0 atom stereocenters. The smallest absolute Gasteiger partial charge is 0.261 e. The Morgan fingerprint density at radius 3 is 2.74 bits per heavy atom. The van der Waals surface area contributed by atoms with Gasteiger partial charge in [-0.2, -0.15) is 5.10 Å². The van der Waals surface area contributed by atoms with E-state index >= 15 is 0 Å². The first-order valence-electron chi connectivity index (χ1n) is 8.08. The molecule has 3 aromatic heterocycles. The van der Waals surface area contributed by atoms with E-state index < -0.39 is 0 Å². The van der Waals surface area contributed by atoms with Gasteiger partial charge < -0.3 is 0 Å². The van der Waals surface area contributed by atoms with Gasteiger partial charge in [0.2, 0.25) is 0 Å². The number of hydrogen-bond donors (Lipinski definition) is 1. The molecule has 8 heteroatoms. The third-order valence-electron chi connectivity index (χ3n) is 3.85. The molecule has 0 saturated carbocycles. The van der Waals surface area contributed by atoms with Gasteiger partial charge in [0.05, 0.1) is 16.3 Å². The van der Waals surface area contributed by atoms with E-state index in [0.29, 0.717) is 32.7 Å². The van der Waals surface area contributed by atoms with Crippen molar-refractivity contribution in [3.05, 3.63) is 70.8 Å². The number of carbonyl (C=O) groups excluding carboxylic acids is 1. The number of rotatable bonds is 4. The number of carbonyl (C=O) groups is 1. The van der Waals surface area contributed by atoms with Crippen LogP contribution in [0.4, 0.5) is 5.13 Å². The summed E-state index contributed by atoms with van der Waals surface area (Å²) in [7, 11) is 1.76. The minimum atomic E-state index is -0.292. The second-order valence-electron chi connectivity index (χ2n) is 5.75. The molecule has 6 nitrogen and oxygen atoms in total. The highest BCUT2D eigenvalue weighted by Gasteiger charge is 2.20. The zero-order valence-electron chi connectivity index (χ0n) is 14.3. The predicted molar refractivity (Wildman–Crippen MR) is 107 cm³/mol. The standard InChI is InChI=1S/C19H14ClN5OS/c1-25-10-13(17(24-25)12-6-2-3-7-14(12)20)18(26)23-19-22-16(11-27-19)15-8-4-5-9-21-15/h2-11H,1H3,(H,22,23,26). The molecule has 0 unspecified atom stereocenters. The summed E-state index contributed by atoms with van der Waals surface area (Å²) in [4.78, 5) is 21.5. The van der Waals surface area contributed by atoms with Crippen LogP contribution in [-0.2, 0) is 7.05 Å². The third-order valence-corrected chi connectivity index (χ3v) is 4.94. The van der Waals surface area contributed by atoms with Gasteiger partial charge in [-0.25, -0.2) is 4.98 Å². The first-order chi connectivity index (χ1) is 13.1. The lowest BCUT2D eigenvalue weighted by atomic mass is 10.1. The molecule has 4 rings (SSSR count). The van der Waals surface area contributed by atoms with E-state index in [2.05, 4.69) is 20.4 Å². The fourth-order valence-corrected chi connectivity index (χ4v) is 3.56. The number of nitrogens with zero attached hydrogens (tertiary/aromatic N) is 4. The van der Waals surface area contributed by atoms with Crippen molar-refractivity contribution in [1.29, 1.82) is 0 Å². The lowest BCUT2D eigenvalue weighted by molar-refractivity contribution is 0.102. The van der Waals surface area contributed by atoms with E-state index in [1.54, 1.807) is 30.2 Å². The molecule has 0 aliphatic heterocycles. The maximum absolute atomic E-state index is 12.8. The Bertz CT molecular complexity index is 1110. The molecular weight excluding hydrogens is 382 g/mol. The number of anilines is 1. The molecule has 1 aromatic carbocycles. The number of thiazole rings is 1. The number of aryl methyl sites for hydroxylation is 1. The van der Waals surface area contributed by atoms with E-state index in [9.17, 15) is 4.79 Å². The van der Waals surface area contributed by atoms with Crippen LogP contribution in [0, 0.1) is 0 Å². The summed E-state index contributed by atoms with van der Waals surface area (Å²) in [6.07, 6.45) is 3.37. The van der Waals surface area contributed by atoms with Gasteiger partial charge in [0.15, 0.2) is 5.13 Å². The van der Waals surface area contributed by atoms with E-state index in [1.165, 1.54) is 11.3 Å². The molecule has 0 spiro atoms. The van der Waals surface area contributed by atoms with Gasteiger partial charge in [0, 0.05) is 30.4 Å². The molecule has 0 fully saturated rings. The molecule has 0 radical (unpaired) electrons. The lowest BCUT2D eigenvalue weighted by Gasteiger charge is -2.04. The number of amides is 1. The van der Waals surface area contributed by atoms with Gasteiger partial charge in [-0.05, 0) is 18.2 Å². The second kappa shape index (κ2) is 7.30. The first-order valence-corrected chi connectivity index (χ1v) is 9.34.